The fraction of sp³-hybridized carbons (Fsp3) is 0.176. The molecule has 0 N–H and O–H groups in total. The molecular formula is C17H16O3. The molecule has 0 saturated heterocycles. The van der Waals surface area contributed by atoms with Crippen LogP contribution in [0.2, 0.25) is 0 Å². The molecule has 0 aliphatic heterocycles. The highest BCUT2D eigenvalue weighted by Gasteiger charge is 2.28. The second-order valence-electron chi connectivity index (χ2n) is 4.50. The molecular weight excluding hydrogens is 252 g/mol. The van der Waals surface area contributed by atoms with E-state index >= 15 is 0 Å². The van der Waals surface area contributed by atoms with Crippen molar-refractivity contribution in [2.75, 3.05) is 7.11 Å². The van der Waals surface area contributed by atoms with Crippen molar-refractivity contribution >= 4 is 11.8 Å². The number of carbonyl (C=O) groups excluding carboxylic acids is 2. The molecule has 102 valence electrons. The van der Waals surface area contributed by atoms with Crippen molar-refractivity contribution in [3.8, 4) is 0 Å². The molecule has 20 heavy (non-hydrogen) atoms. The summed E-state index contributed by atoms with van der Waals surface area (Å²) in [6.45, 7) is 0. The Labute approximate surface area is 118 Å². The summed E-state index contributed by atoms with van der Waals surface area (Å²) in [5.74, 6) is -1.53. The van der Waals surface area contributed by atoms with Crippen LogP contribution in [0.3, 0.4) is 0 Å². The summed E-state index contributed by atoms with van der Waals surface area (Å²) in [7, 11) is 1.30. The maximum atomic E-state index is 12.4. The molecule has 0 aliphatic rings. The Morgan fingerprint density at radius 1 is 0.950 bits per heavy atom. The number of Topliss-reactive ketones (excluding diaryl/α,β-unsaturated/α-hetero) is 1. The SMILES string of the molecule is COC(=O)C(C(=O)Cc1ccccc1)c1ccccc1. The number of esters is 1. The van der Waals surface area contributed by atoms with Gasteiger partial charge in [-0.05, 0) is 11.1 Å². The lowest BCUT2D eigenvalue weighted by Gasteiger charge is -2.14. The number of hydrogen-bond donors (Lipinski definition) is 0. The van der Waals surface area contributed by atoms with Crippen LogP contribution in [0.5, 0.6) is 0 Å². The third-order valence-electron chi connectivity index (χ3n) is 3.11. The summed E-state index contributed by atoms with van der Waals surface area (Å²) in [6, 6.07) is 18.4. The van der Waals surface area contributed by atoms with Crippen LogP contribution in [-0.2, 0) is 20.7 Å². The number of carbonyl (C=O) groups is 2. The van der Waals surface area contributed by atoms with Crippen molar-refractivity contribution in [3.05, 3.63) is 71.8 Å². The smallest absolute Gasteiger partial charge is 0.320 e. The number of benzene rings is 2. The predicted octanol–water partition coefficient (Wildman–Crippen LogP) is 2.76. The van der Waals surface area contributed by atoms with Gasteiger partial charge in [-0.3, -0.25) is 9.59 Å². The largest absolute Gasteiger partial charge is 0.468 e. The van der Waals surface area contributed by atoms with E-state index in [1.165, 1.54) is 7.11 Å². The zero-order chi connectivity index (χ0) is 14.4. The molecule has 0 heterocycles. The number of ether oxygens (including phenoxy) is 1. The Kier molecular flexibility index (Phi) is 4.66. The highest BCUT2D eigenvalue weighted by atomic mass is 16.5. The normalized spacial score (nSPS) is 11.7. The van der Waals surface area contributed by atoms with E-state index in [1.807, 2.05) is 36.4 Å². The Hall–Kier alpha value is -2.42. The molecule has 0 radical (unpaired) electrons. The first-order valence-electron chi connectivity index (χ1n) is 6.42. The molecule has 0 spiro atoms. The van der Waals surface area contributed by atoms with E-state index in [4.69, 9.17) is 4.74 Å². The first kappa shape index (κ1) is 14.0. The average Bonchev–Trinajstić information content (AvgIpc) is 2.49. The van der Waals surface area contributed by atoms with Crippen LogP contribution in [0.4, 0.5) is 0 Å². The molecule has 2 aromatic carbocycles. The molecule has 0 aromatic heterocycles. The van der Waals surface area contributed by atoms with E-state index in [2.05, 4.69) is 0 Å². The van der Waals surface area contributed by atoms with Crippen molar-refractivity contribution in [3.63, 3.8) is 0 Å². The van der Waals surface area contributed by atoms with Crippen molar-refractivity contribution in [2.45, 2.75) is 12.3 Å². The van der Waals surface area contributed by atoms with Crippen LogP contribution in [0.1, 0.15) is 17.0 Å². The minimum absolute atomic E-state index is 0.158. The topological polar surface area (TPSA) is 43.4 Å². The van der Waals surface area contributed by atoms with Gasteiger partial charge in [-0.15, -0.1) is 0 Å². The second-order valence-corrected chi connectivity index (χ2v) is 4.50. The third-order valence-corrected chi connectivity index (χ3v) is 3.11. The summed E-state index contributed by atoms with van der Waals surface area (Å²) in [4.78, 5) is 24.3. The highest BCUT2D eigenvalue weighted by molar-refractivity contribution is 6.05. The molecule has 1 unspecified atom stereocenters. The van der Waals surface area contributed by atoms with Crippen LogP contribution in [0.15, 0.2) is 60.7 Å². The van der Waals surface area contributed by atoms with Crippen LogP contribution in [-0.4, -0.2) is 18.9 Å². The maximum Gasteiger partial charge on any atom is 0.320 e. The van der Waals surface area contributed by atoms with Gasteiger partial charge in [0.15, 0.2) is 5.78 Å². The van der Waals surface area contributed by atoms with Gasteiger partial charge in [0.05, 0.1) is 7.11 Å². The van der Waals surface area contributed by atoms with Gasteiger partial charge in [0.1, 0.15) is 5.92 Å². The fourth-order valence-electron chi connectivity index (χ4n) is 2.12. The lowest BCUT2D eigenvalue weighted by Crippen LogP contribution is -2.24. The van der Waals surface area contributed by atoms with Crippen molar-refractivity contribution in [1.82, 2.24) is 0 Å². The Bertz CT molecular complexity index is 576. The minimum atomic E-state index is -0.860. The molecule has 3 nitrogen and oxygen atoms in total. The first-order valence-corrected chi connectivity index (χ1v) is 6.42. The maximum absolute atomic E-state index is 12.4. The third kappa shape index (κ3) is 3.32. The van der Waals surface area contributed by atoms with Crippen molar-refractivity contribution < 1.29 is 14.3 Å². The number of ketones is 1. The van der Waals surface area contributed by atoms with Gasteiger partial charge in [-0.1, -0.05) is 60.7 Å². The monoisotopic (exact) mass is 268 g/mol. The van der Waals surface area contributed by atoms with Gasteiger partial charge in [0, 0.05) is 6.42 Å². The standard InChI is InChI=1S/C17H16O3/c1-20-17(19)16(14-10-6-3-7-11-14)15(18)12-13-8-4-2-5-9-13/h2-11,16H,12H2,1H3. The van der Waals surface area contributed by atoms with Crippen molar-refractivity contribution in [2.24, 2.45) is 0 Å². The zero-order valence-electron chi connectivity index (χ0n) is 11.3. The number of methoxy groups -OCH3 is 1. The van der Waals surface area contributed by atoms with Crippen LogP contribution >= 0.6 is 0 Å². The van der Waals surface area contributed by atoms with E-state index in [9.17, 15) is 9.59 Å². The van der Waals surface area contributed by atoms with Gasteiger partial charge < -0.3 is 4.74 Å². The average molecular weight is 268 g/mol. The molecule has 3 heteroatoms. The van der Waals surface area contributed by atoms with E-state index < -0.39 is 11.9 Å². The van der Waals surface area contributed by atoms with Gasteiger partial charge in [0.25, 0.3) is 0 Å². The minimum Gasteiger partial charge on any atom is -0.468 e. The summed E-state index contributed by atoms with van der Waals surface area (Å²) in [5.41, 5.74) is 1.56. The Morgan fingerprint density at radius 2 is 1.50 bits per heavy atom. The molecule has 2 aromatic rings. The Balaban J connectivity index is 2.24. The lowest BCUT2D eigenvalue weighted by molar-refractivity contribution is -0.145. The molecule has 0 saturated carbocycles. The van der Waals surface area contributed by atoms with Gasteiger partial charge in [-0.25, -0.2) is 0 Å². The molecule has 0 aliphatic carbocycles. The summed E-state index contributed by atoms with van der Waals surface area (Å²) in [6.07, 6.45) is 0.218. The summed E-state index contributed by atoms with van der Waals surface area (Å²) >= 11 is 0. The second kappa shape index (κ2) is 6.66. The van der Waals surface area contributed by atoms with E-state index in [1.54, 1.807) is 24.3 Å². The van der Waals surface area contributed by atoms with E-state index in [0.717, 1.165) is 5.56 Å². The van der Waals surface area contributed by atoms with E-state index in [-0.39, 0.29) is 12.2 Å². The lowest BCUT2D eigenvalue weighted by atomic mass is 9.91. The summed E-state index contributed by atoms with van der Waals surface area (Å²) in [5, 5.41) is 0. The van der Waals surface area contributed by atoms with Crippen LogP contribution in [0, 0.1) is 0 Å². The Morgan fingerprint density at radius 3 is 2.05 bits per heavy atom. The summed E-state index contributed by atoms with van der Waals surface area (Å²) < 4.78 is 4.77. The molecule has 0 fully saturated rings. The van der Waals surface area contributed by atoms with Gasteiger partial charge in [-0.2, -0.15) is 0 Å². The fourth-order valence-corrected chi connectivity index (χ4v) is 2.12. The zero-order valence-corrected chi connectivity index (χ0v) is 11.3. The van der Waals surface area contributed by atoms with Crippen molar-refractivity contribution in [1.29, 1.82) is 0 Å². The molecule has 1 atom stereocenters. The quantitative estimate of drug-likeness (QED) is 0.618. The highest BCUT2D eigenvalue weighted by Crippen LogP contribution is 2.20. The number of hydrogen-bond acceptors (Lipinski definition) is 3. The molecule has 0 bridgehead atoms. The van der Waals surface area contributed by atoms with Gasteiger partial charge >= 0.3 is 5.97 Å². The molecule has 2 rings (SSSR count). The van der Waals surface area contributed by atoms with Gasteiger partial charge in [0.2, 0.25) is 0 Å². The van der Waals surface area contributed by atoms with E-state index in [0.29, 0.717) is 5.56 Å². The van der Waals surface area contributed by atoms with Crippen LogP contribution in [0.25, 0.3) is 0 Å². The molecule has 0 amide bonds. The number of rotatable bonds is 5. The van der Waals surface area contributed by atoms with Crippen LogP contribution < -0.4 is 0 Å². The first-order chi connectivity index (χ1) is 9.72. The predicted molar refractivity (Wildman–Crippen MR) is 76.4 cm³/mol.